The van der Waals surface area contributed by atoms with Gasteiger partial charge in [0.25, 0.3) is 5.56 Å². The van der Waals surface area contributed by atoms with E-state index in [1.807, 2.05) is 18.2 Å². The van der Waals surface area contributed by atoms with Crippen molar-refractivity contribution in [3.63, 3.8) is 0 Å². The Morgan fingerprint density at radius 2 is 1.90 bits per heavy atom. The number of aryl methyl sites for hydroxylation is 2. The number of hydrogen-bond acceptors (Lipinski definition) is 3. The lowest BCUT2D eigenvalue weighted by Gasteiger charge is -2.08. The molecule has 0 fully saturated rings. The highest BCUT2D eigenvalue weighted by molar-refractivity contribution is 6.30. The second-order valence-electron chi connectivity index (χ2n) is 4.76. The smallest absolute Gasteiger partial charge is 0.266 e. The van der Waals surface area contributed by atoms with Crippen LogP contribution in [0.1, 0.15) is 29.3 Å². The van der Waals surface area contributed by atoms with Crippen molar-refractivity contribution in [3.8, 4) is 6.07 Å². The minimum Gasteiger partial charge on any atom is -0.266 e. The molecule has 1 heterocycles. The molecule has 0 spiro atoms. The number of nitrogens with zero attached hydrogens (tertiary/aromatic N) is 3. The molecule has 1 aromatic carbocycles. The summed E-state index contributed by atoms with van der Waals surface area (Å²) in [5, 5.41) is 14.0. The highest BCUT2D eigenvalue weighted by atomic mass is 35.5. The van der Waals surface area contributed by atoms with Crippen LogP contribution in [0.3, 0.4) is 0 Å². The van der Waals surface area contributed by atoms with Crippen molar-refractivity contribution in [3.05, 3.63) is 68.1 Å². The fourth-order valence-corrected chi connectivity index (χ4v) is 2.17. The molecule has 0 atom stereocenters. The van der Waals surface area contributed by atoms with Gasteiger partial charge < -0.3 is 0 Å². The normalized spacial score (nSPS) is 11.3. The van der Waals surface area contributed by atoms with Crippen molar-refractivity contribution in [2.24, 2.45) is 5.10 Å². The average Bonchev–Trinajstić information content (AvgIpc) is 2.44. The molecule has 0 N–H and O–H groups in total. The molecule has 5 heteroatoms. The molecule has 0 saturated heterocycles. The van der Waals surface area contributed by atoms with Gasteiger partial charge in [0, 0.05) is 10.7 Å². The second-order valence-corrected chi connectivity index (χ2v) is 5.20. The van der Waals surface area contributed by atoms with Crippen LogP contribution >= 0.6 is 11.6 Å². The minimum absolute atomic E-state index is 0.119. The first-order valence-electron chi connectivity index (χ1n) is 6.39. The van der Waals surface area contributed by atoms with Gasteiger partial charge in [-0.1, -0.05) is 23.7 Å². The topological polar surface area (TPSA) is 58.1 Å². The van der Waals surface area contributed by atoms with E-state index in [0.29, 0.717) is 22.0 Å². The SMILES string of the molecule is C/C(=N/n1c(C)cc(C)c(C#N)c1=O)c1ccc(Cl)cc1. The molecule has 0 aliphatic carbocycles. The Morgan fingerprint density at radius 3 is 2.48 bits per heavy atom. The van der Waals surface area contributed by atoms with Crippen LogP contribution in [0.15, 0.2) is 40.2 Å². The first-order valence-corrected chi connectivity index (χ1v) is 6.76. The molecule has 0 aliphatic heterocycles. The number of pyridine rings is 1. The zero-order valence-corrected chi connectivity index (χ0v) is 12.8. The molecule has 4 nitrogen and oxygen atoms in total. The van der Waals surface area contributed by atoms with Gasteiger partial charge in [-0.05, 0) is 50.1 Å². The zero-order valence-electron chi connectivity index (χ0n) is 12.0. The van der Waals surface area contributed by atoms with Crippen LogP contribution in [0.2, 0.25) is 5.02 Å². The Kier molecular flexibility index (Phi) is 4.25. The maximum atomic E-state index is 12.3. The molecular weight excluding hydrogens is 286 g/mol. The number of halogens is 1. The van der Waals surface area contributed by atoms with Crippen molar-refractivity contribution < 1.29 is 0 Å². The maximum absolute atomic E-state index is 12.3. The van der Waals surface area contributed by atoms with E-state index in [4.69, 9.17) is 16.9 Å². The molecule has 0 unspecified atom stereocenters. The Bertz CT molecular complexity index is 811. The first kappa shape index (κ1) is 15.0. The third-order valence-corrected chi connectivity index (χ3v) is 3.44. The Balaban J connectivity index is 2.58. The molecule has 21 heavy (non-hydrogen) atoms. The zero-order chi connectivity index (χ0) is 15.6. The van der Waals surface area contributed by atoms with E-state index >= 15 is 0 Å². The Morgan fingerprint density at radius 1 is 1.29 bits per heavy atom. The average molecular weight is 300 g/mol. The summed E-state index contributed by atoms with van der Waals surface area (Å²) in [5.74, 6) is 0. The summed E-state index contributed by atoms with van der Waals surface area (Å²) in [5.41, 5.74) is 2.60. The lowest BCUT2D eigenvalue weighted by molar-refractivity contribution is 0.781. The summed E-state index contributed by atoms with van der Waals surface area (Å²) >= 11 is 5.85. The van der Waals surface area contributed by atoms with E-state index in [-0.39, 0.29) is 5.56 Å². The van der Waals surface area contributed by atoms with Gasteiger partial charge in [0.15, 0.2) is 0 Å². The van der Waals surface area contributed by atoms with E-state index in [1.54, 1.807) is 39.0 Å². The summed E-state index contributed by atoms with van der Waals surface area (Å²) in [7, 11) is 0. The van der Waals surface area contributed by atoms with Gasteiger partial charge >= 0.3 is 0 Å². The second kappa shape index (κ2) is 5.94. The highest BCUT2D eigenvalue weighted by Gasteiger charge is 2.10. The quantitative estimate of drug-likeness (QED) is 0.799. The number of rotatable bonds is 2. The lowest BCUT2D eigenvalue weighted by Crippen LogP contribution is -2.23. The van der Waals surface area contributed by atoms with Crippen molar-refractivity contribution in [1.82, 2.24) is 4.68 Å². The predicted octanol–water partition coefficient (Wildman–Crippen LogP) is 3.26. The van der Waals surface area contributed by atoms with E-state index in [9.17, 15) is 4.79 Å². The van der Waals surface area contributed by atoms with E-state index < -0.39 is 5.56 Å². The van der Waals surface area contributed by atoms with Gasteiger partial charge in [0.05, 0.1) is 5.71 Å². The van der Waals surface area contributed by atoms with Gasteiger partial charge in [-0.25, -0.2) is 4.68 Å². The number of aromatic nitrogens is 1. The van der Waals surface area contributed by atoms with Crippen LogP contribution in [0.5, 0.6) is 0 Å². The van der Waals surface area contributed by atoms with Crippen LogP contribution < -0.4 is 5.56 Å². The van der Waals surface area contributed by atoms with Crippen LogP contribution in [0, 0.1) is 25.2 Å². The number of benzene rings is 1. The molecule has 2 rings (SSSR count). The maximum Gasteiger partial charge on any atom is 0.289 e. The highest BCUT2D eigenvalue weighted by Crippen LogP contribution is 2.11. The first-order chi connectivity index (χ1) is 9.93. The monoisotopic (exact) mass is 299 g/mol. The third-order valence-electron chi connectivity index (χ3n) is 3.18. The standard InChI is InChI=1S/C16H14ClN3O/c1-10-8-11(2)20(16(21)15(10)9-18)19-12(3)13-4-6-14(17)7-5-13/h4-8H,1-3H3/b19-12-. The molecule has 0 amide bonds. The molecule has 106 valence electrons. The summed E-state index contributed by atoms with van der Waals surface area (Å²) in [4.78, 5) is 12.3. The number of nitriles is 1. The molecule has 0 saturated carbocycles. The fourth-order valence-electron chi connectivity index (χ4n) is 2.04. The summed E-state index contributed by atoms with van der Waals surface area (Å²) < 4.78 is 1.26. The van der Waals surface area contributed by atoms with Crippen molar-refractivity contribution in [1.29, 1.82) is 5.26 Å². The molecule has 2 aromatic rings. The largest absolute Gasteiger partial charge is 0.289 e. The summed E-state index contributed by atoms with van der Waals surface area (Å²) in [6.07, 6.45) is 0. The molecule has 0 aliphatic rings. The third kappa shape index (κ3) is 3.04. The summed E-state index contributed by atoms with van der Waals surface area (Å²) in [6, 6.07) is 10.9. The fraction of sp³-hybridized carbons (Fsp3) is 0.188. The summed E-state index contributed by atoms with van der Waals surface area (Å²) in [6.45, 7) is 5.34. The van der Waals surface area contributed by atoms with Crippen LogP contribution in [-0.2, 0) is 0 Å². The Labute approximate surface area is 127 Å². The molecule has 0 bridgehead atoms. The molecule has 1 aromatic heterocycles. The van der Waals surface area contributed by atoms with Gasteiger partial charge in [0.2, 0.25) is 0 Å². The molecule has 0 radical (unpaired) electrons. The van der Waals surface area contributed by atoms with E-state index in [0.717, 1.165) is 5.56 Å². The predicted molar refractivity (Wildman–Crippen MR) is 84.0 cm³/mol. The van der Waals surface area contributed by atoms with Gasteiger partial charge in [-0.3, -0.25) is 4.79 Å². The van der Waals surface area contributed by atoms with Gasteiger partial charge in [-0.2, -0.15) is 10.4 Å². The molecular formula is C16H14ClN3O. The van der Waals surface area contributed by atoms with E-state index in [1.165, 1.54) is 4.68 Å². The van der Waals surface area contributed by atoms with Crippen molar-refractivity contribution >= 4 is 17.3 Å². The van der Waals surface area contributed by atoms with Crippen molar-refractivity contribution in [2.45, 2.75) is 20.8 Å². The lowest BCUT2D eigenvalue weighted by atomic mass is 10.1. The van der Waals surface area contributed by atoms with Gasteiger partial charge in [0.1, 0.15) is 11.6 Å². The van der Waals surface area contributed by atoms with Crippen molar-refractivity contribution in [2.75, 3.05) is 0 Å². The van der Waals surface area contributed by atoms with Crippen LogP contribution in [-0.4, -0.2) is 10.4 Å². The number of hydrogen-bond donors (Lipinski definition) is 0. The Hall–Kier alpha value is -2.38. The minimum atomic E-state index is -0.400. The van der Waals surface area contributed by atoms with Crippen LogP contribution in [0.25, 0.3) is 0 Å². The van der Waals surface area contributed by atoms with Crippen LogP contribution in [0.4, 0.5) is 0 Å². The van der Waals surface area contributed by atoms with E-state index in [2.05, 4.69) is 5.10 Å². The van der Waals surface area contributed by atoms with Gasteiger partial charge in [-0.15, -0.1) is 0 Å².